The minimum absolute atomic E-state index is 0.0488. The number of nitrogens with zero attached hydrogens (tertiary/aromatic N) is 2. The molecule has 1 aliphatic heterocycles. The lowest BCUT2D eigenvalue weighted by molar-refractivity contribution is -0.112. The van der Waals surface area contributed by atoms with Crippen molar-refractivity contribution in [2.75, 3.05) is 6.54 Å². The minimum Gasteiger partial charge on any atom is -0.494 e. The molecule has 7 nitrogen and oxygen atoms in total. The number of para-hydroxylation sites is 1. The molecule has 150 valence electrons. The molecule has 4 rings (SSSR count). The van der Waals surface area contributed by atoms with E-state index in [0.29, 0.717) is 16.1 Å². The monoisotopic (exact) mass is 411 g/mol. The summed E-state index contributed by atoms with van der Waals surface area (Å²) in [6.07, 6.45) is 0.767. The van der Waals surface area contributed by atoms with Crippen molar-refractivity contribution in [3.63, 3.8) is 0 Å². The van der Waals surface area contributed by atoms with Crippen LogP contribution in [0.15, 0.2) is 46.3 Å². The normalized spacial score (nSPS) is 13.8. The molecule has 2 N–H and O–H groups in total. The molecule has 3 aromatic rings. The van der Waals surface area contributed by atoms with Crippen LogP contribution in [-0.2, 0) is 28.3 Å². The molecule has 0 saturated carbocycles. The number of amides is 1. The summed E-state index contributed by atoms with van der Waals surface area (Å²) >= 11 is 0. The molecule has 0 radical (unpaired) electrons. The van der Waals surface area contributed by atoms with Gasteiger partial charge in [-0.05, 0) is 30.2 Å². The summed E-state index contributed by atoms with van der Waals surface area (Å²) in [4.78, 5) is 16.9. The van der Waals surface area contributed by atoms with Gasteiger partial charge in [-0.25, -0.2) is 18.1 Å². The van der Waals surface area contributed by atoms with Gasteiger partial charge in [-0.2, -0.15) is 0 Å². The van der Waals surface area contributed by atoms with Gasteiger partial charge in [-0.1, -0.05) is 32.0 Å². The molecule has 1 amide bonds. The van der Waals surface area contributed by atoms with E-state index < -0.39 is 15.9 Å². The molecule has 8 heteroatoms. The lowest BCUT2D eigenvalue weighted by atomic mass is 10.00. The number of aromatic hydroxyl groups is 1. The number of hydrogen-bond acceptors (Lipinski definition) is 4. The van der Waals surface area contributed by atoms with E-state index in [9.17, 15) is 18.3 Å². The molecule has 0 saturated heterocycles. The van der Waals surface area contributed by atoms with E-state index in [4.69, 9.17) is 0 Å². The molecule has 2 aromatic carbocycles. The van der Waals surface area contributed by atoms with Crippen molar-refractivity contribution in [1.82, 2.24) is 9.29 Å². The molecule has 0 fully saturated rings. The maximum atomic E-state index is 12.8. The molecule has 2 heterocycles. The van der Waals surface area contributed by atoms with Gasteiger partial charge in [0.2, 0.25) is 10.0 Å². The van der Waals surface area contributed by atoms with Crippen LogP contribution in [0.3, 0.4) is 0 Å². The fraction of sp³-hybridized carbons (Fsp3) is 0.238. The predicted molar refractivity (Wildman–Crippen MR) is 110 cm³/mol. The first kappa shape index (κ1) is 19.4. The van der Waals surface area contributed by atoms with Crippen LogP contribution in [0.4, 0.5) is 0 Å². The van der Waals surface area contributed by atoms with Crippen molar-refractivity contribution in [2.45, 2.75) is 25.2 Å². The van der Waals surface area contributed by atoms with E-state index >= 15 is 0 Å². The molecule has 0 atom stereocenters. The first-order valence-corrected chi connectivity index (χ1v) is 10.8. The topological polar surface area (TPSA) is 101 Å². The van der Waals surface area contributed by atoms with Gasteiger partial charge in [0.15, 0.2) is 5.88 Å². The quantitative estimate of drug-likeness (QED) is 0.657. The van der Waals surface area contributed by atoms with Crippen LogP contribution in [0.5, 0.6) is 5.88 Å². The number of carbonyl (C=O) groups excluding carboxylic acids is 1. The van der Waals surface area contributed by atoms with Crippen molar-refractivity contribution in [2.24, 2.45) is 12.0 Å². The summed E-state index contributed by atoms with van der Waals surface area (Å²) in [5.74, 6) is -0.546. The van der Waals surface area contributed by atoms with Crippen LogP contribution >= 0.6 is 0 Å². The largest absolute Gasteiger partial charge is 0.494 e. The van der Waals surface area contributed by atoms with E-state index in [-0.39, 0.29) is 22.9 Å². The average molecular weight is 411 g/mol. The smallest absolute Gasteiger partial charge is 0.279 e. The molecule has 29 heavy (non-hydrogen) atoms. The van der Waals surface area contributed by atoms with Crippen LogP contribution in [0, 0.1) is 0 Å². The number of hydrogen-bond donors (Lipinski definition) is 2. The number of aryl methyl sites for hydroxylation is 2. The van der Waals surface area contributed by atoms with E-state index in [0.717, 1.165) is 22.9 Å². The fourth-order valence-corrected chi connectivity index (χ4v) is 4.96. The van der Waals surface area contributed by atoms with E-state index in [1.165, 1.54) is 18.2 Å². The summed E-state index contributed by atoms with van der Waals surface area (Å²) in [6, 6.07) is 10.1. The Kier molecular flexibility index (Phi) is 4.55. The number of sulfonamides is 1. The number of rotatable bonds is 5. The number of nitrogens with one attached hydrogen (secondary N) is 1. The molecule has 1 aromatic heterocycles. The van der Waals surface area contributed by atoms with Gasteiger partial charge in [0.25, 0.3) is 5.91 Å². The maximum Gasteiger partial charge on any atom is 0.279 e. The van der Waals surface area contributed by atoms with E-state index in [1.807, 2.05) is 25.1 Å². The Bertz CT molecular complexity index is 1400. The zero-order valence-corrected chi connectivity index (χ0v) is 17.2. The highest BCUT2D eigenvalue weighted by atomic mass is 32.2. The molecule has 0 bridgehead atoms. The fourth-order valence-electron chi connectivity index (χ4n) is 3.89. The van der Waals surface area contributed by atoms with Crippen molar-refractivity contribution in [3.8, 4) is 5.88 Å². The zero-order valence-electron chi connectivity index (χ0n) is 16.4. The van der Waals surface area contributed by atoms with Crippen LogP contribution in [-0.4, -0.2) is 30.5 Å². The Labute approximate surface area is 168 Å². The molecule has 1 aliphatic rings. The van der Waals surface area contributed by atoms with Gasteiger partial charge in [0.05, 0.1) is 26.9 Å². The second kappa shape index (κ2) is 6.82. The van der Waals surface area contributed by atoms with Gasteiger partial charge >= 0.3 is 0 Å². The van der Waals surface area contributed by atoms with Gasteiger partial charge in [0.1, 0.15) is 0 Å². The van der Waals surface area contributed by atoms with Gasteiger partial charge < -0.3 is 9.67 Å². The highest BCUT2D eigenvalue weighted by Gasteiger charge is 2.28. The van der Waals surface area contributed by atoms with Gasteiger partial charge in [-0.3, -0.25) is 4.79 Å². The summed E-state index contributed by atoms with van der Waals surface area (Å²) in [7, 11) is -1.96. The number of fused-ring (bicyclic) bond motifs is 2. The van der Waals surface area contributed by atoms with Crippen LogP contribution < -0.4 is 15.3 Å². The van der Waals surface area contributed by atoms with Crippen molar-refractivity contribution >= 4 is 32.4 Å². The minimum atomic E-state index is -3.70. The summed E-state index contributed by atoms with van der Waals surface area (Å²) in [5.41, 5.74) is 2.47. The highest BCUT2D eigenvalue weighted by Crippen LogP contribution is 2.37. The SMILES string of the molecule is CCNS(=O)(=O)c1ccc2c(c1)=C(c1c(O)n(C)c3c(CC)cccc13)C(=O)N=2. The lowest BCUT2D eigenvalue weighted by Crippen LogP contribution is -2.28. The average Bonchev–Trinajstić information content (AvgIpc) is 3.14. The third-order valence-electron chi connectivity index (χ3n) is 5.21. The van der Waals surface area contributed by atoms with Gasteiger partial charge in [0, 0.05) is 24.2 Å². The molecule has 0 spiro atoms. The molecular weight excluding hydrogens is 390 g/mol. The van der Waals surface area contributed by atoms with Crippen molar-refractivity contribution in [3.05, 3.63) is 58.1 Å². The molecular formula is C21H21N3O4S. The Balaban J connectivity index is 2.11. The number of aromatic nitrogens is 1. The predicted octanol–water partition coefficient (Wildman–Crippen LogP) is 1.10. The Hall–Kier alpha value is -2.97. The van der Waals surface area contributed by atoms with Crippen molar-refractivity contribution in [1.29, 1.82) is 0 Å². The summed E-state index contributed by atoms with van der Waals surface area (Å²) < 4.78 is 29.0. The third-order valence-corrected chi connectivity index (χ3v) is 6.76. The molecule has 0 aliphatic carbocycles. The van der Waals surface area contributed by atoms with Gasteiger partial charge in [-0.15, -0.1) is 0 Å². The highest BCUT2D eigenvalue weighted by molar-refractivity contribution is 7.89. The summed E-state index contributed by atoms with van der Waals surface area (Å²) in [6.45, 7) is 3.97. The summed E-state index contributed by atoms with van der Waals surface area (Å²) in [5, 5.41) is 12.4. The second-order valence-corrected chi connectivity index (χ2v) is 8.66. The van der Waals surface area contributed by atoms with Crippen LogP contribution in [0.25, 0.3) is 16.5 Å². The Morgan fingerprint density at radius 2 is 1.93 bits per heavy atom. The molecule has 0 unspecified atom stereocenters. The number of benzene rings is 2. The third kappa shape index (κ3) is 2.87. The Morgan fingerprint density at radius 3 is 2.62 bits per heavy atom. The number of carbonyl (C=O) groups is 1. The second-order valence-electron chi connectivity index (χ2n) is 6.90. The maximum absolute atomic E-state index is 12.8. The van der Waals surface area contributed by atoms with Crippen LogP contribution in [0.2, 0.25) is 0 Å². The first-order chi connectivity index (χ1) is 13.8. The lowest BCUT2D eigenvalue weighted by Gasteiger charge is -2.05. The van der Waals surface area contributed by atoms with Crippen LogP contribution in [0.1, 0.15) is 25.0 Å². The first-order valence-electron chi connectivity index (χ1n) is 9.36. The van der Waals surface area contributed by atoms with E-state index in [2.05, 4.69) is 9.71 Å². The standard InChI is InChI=1S/C21H21N3O4S/c1-4-12-7-6-8-14-18(21(26)24(3)19(12)14)17-15-11-13(29(27,28)22-5-2)9-10-16(15)23-20(17)25/h6-11,22,26H,4-5H2,1-3H3. The zero-order chi connectivity index (χ0) is 20.9. The Morgan fingerprint density at radius 1 is 1.17 bits per heavy atom. The van der Waals surface area contributed by atoms with Crippen molar-refractivity contribution < 1.29 is 18.3 Å². The van der Waals surface area contributed by atoms with E-state index in [1.54, 1.807) is 18.5 Å².